The topological polar surface area (TPSA) is 35.5 Å². The molecule has 0 aliphatic carbocycles. The normalized spacial score (nSPS) is 12.2. The van der Waals surface area contributed by atoms with Gasteiger partial charge in [-0.3, -0.25) is 4.79 Å². The second kappa shape index (κ2) is 5.92. The Balaban J connectivity index is 3.54. The van der Waals surface area contributed by atoms with Crippen molar-refractivity contribution in [3.05, 3.63) is 12.7 Å². The van der Waals surface area contributed by atoms with E-state index in [4.69, 9.17) is 9.47 Å². The third kappa shape index (κ3) is 4.56. The molecule has 0 radical (unpaired) electrons. The highest BCUT2D eigenvalue weighted by atomic mass is 16.5. The quantitative estimate of drug-likeness (QED) is 0.442. The number of carbonyl (C=O) groups is 1. The molecule has 1 unspecified atom stereocenters. The Labute approximate surface area is 67.0 Å². The van der Waals surface area contributed by atoms with Crippen LogP contribution in [0.25, 0.3) is 0 Å². The van der Waals surface area contributed by atoms with Crippen LogP contribution in [0.1, 0.15) is 6.92 Å². The van der Waals surface area contributed by atoms with E-state index >= 15 is 0 Å². The van der Waals surface area contributed by atoms with Crippen molar-refractivity contribution in [3.63, 3.8) is 0 Å². The van der Waals surface area contributed by atoms with E-state index < -0.39 is 0 Å². The van der Waals surface area contributed by atoms with Crippen molar-refractivity contribution in [3.8, 4) is 0 Å². The Bertz CT molecular complexity index is 131. The molecule has 0 aromatic rings. The smallest absolute Gasteiger partial charge is 0.311 e. The molecule has 0 amide bonds. The van der Waals surface area contributed by atoms with Crippen molar-refractivity contribution in [2.24, 2.45) is 5.92 Å². The van der Waals surface area contributed by atoms with Crippen molar-refractivity contribution >= 4 is 5.97 Å². The lowest BCUT2D eigenvalue weighted by atomic mass is 10.2. The fourth-order valence-corrected chi connectivity index (χ4v) is 0.601. The van der Waals surface area contributed by atoms with Gasteiger partial charge in [0.2, 0.25) is 0 Å². The zero-order valence-corrected chi connectivity index (χ0v) is 7.00. The summed E-state index contributed by atoms with van der Waals surface area (Å²) in [5.74, 6) is -0.438. The highest BCUT2D eigenvalue weighted by Crippen LogP contribution is 1.98. The third-order valence-electron chi connectivity index (χ3n) is 1.16. The van der Waals surface area contributed by atoms with E-state index in [1.165, 1.54) is 6.08 Å². The highest BCUT2D eigenvalue weighted by molar-refractivity contribution is 5.72. The first-order valence-corrected chi connectivity index (χ1v) is 3.48. The average Bonchev–Trinajstić information content (AvgIpc) is 2.00. The molecule has 0 rings (SSSR count). The SMILES string of the molecule is C=CCOC(=O)C(C)COC. The Kier molecular flexibility index (Phi) is 5.47. The minimum Gasteiger partial charge on any atom is -0.461 e. The summed E-state index contributed by atoms with van der Waals surface area (Å²) in [4.78, 5) is 10.9. The van der Waals surface area contributed by atoms with Gasteiger partial charge in [-0.15, -0.1) is 0 Å². The molecule has 0 aliphatic rings. The van der Waals surface area contributed by atoms with Crippen LogP contribution in [0.5, 0.6) is 0 Å². The number of hydrogen-bond donors (Lipinski definition) is 0. The summed E-state index contributed by atoms with van der Waals surface area (Å²) >= 11 is 0. The molecule has 0 spiro atoms. The number of ether oxygens (including phenoxy) is 2. The van der Waals surface area contributed by atoms with Gasteiger partial charge in [0.05, 0.1) is 12.5 Å². The van der Waals surface area contributed by atoms with Crippen LogP contribution in [0.3, 0.4) is 0 Å². The molecule has 0 aliphatic heterocycles. The lowest BCUT2D eigenvalue weighted by Crippen LogP contribution is -2.19. The lowest BCUT2D eigenvalue weighted by Gasteiger charge is -2.08. The molecule has 0 fully saturated rings. The molecule has 0 N–H and O–H groups in total. The first-order valence-electron chi connectivity index (χ1n) is 3.48. The van der Waals surface area contributed by atoms with E-state index in [1.54, 1.807) is 14.0 Å². The van der Waals surface area contributed by atoms with Crippen molar-refractivity contribution in [1.29, 1.82) is 0 Å². The van der Waals surface area contributed by atoms with Crippen LogP contribution in [-0.4, -0.2) is 26.3 Å². The maximum atomic E-state index is 10.9. The summed E-state index contributed by atoms with van der Waals surface area (Å²) in [6, 6.07) is 0. The molecule has 0 aromatic heterocycles. The van der Waals surface area contributed by atoms with Gasteiger partial charge in [0.15, 0.2) is 0 Å². The van der Waals surface area contributed by atoms with Crippen LogP contribution in [0.4, 0.5) is 0 Å². The fraction of sp³-hybridized carbons (Fsp3) is 0.625. The van der Waals surface area contributed by atoms with Crippen molar-refractivity contribution in [1.82, 2.24) is 0 Å². The van der Waals surface area contributed by atoms with Gasteiger partial charge in [0, 0.05) is 7.11 Å². The molecule has 11 heavy (non-hydrogen) atoms. The van der Waals surface area contributed by atoms with E-state index in [0.717, 1.165) is 0 Å². The average molecular weight is 158 g/mol. The summed E-state index contributed by atoms with van der Waals surface area (Å²) in [5, 5.41) is 0. The maximum Gasteiger partial charge on any atom is 0.311 e. The molecule has 0 saturated heterocycles. The Morgan fingerprint density at radius 2 is 2.36 bits per heavy atom. The molecular weight excluding hydrogens is 144 g/mol. The number of rotatable bonds is 5. The van der Waals surface area contributed by atoms with E-state index in [1.807, 2.05) is 0 Å². The molecule has 0 bridgehead atoms. The molecule has 0 saturated carbocycles. The van der Waals surface area contributed by atoms with Crippen LogP contribution in [0, 0.1) is 5.92 Å². The Morgan fingerprint density at radius 1 is 1.73 bits per heavy atom. The first-order chi connectivity index (χ1) is 5.22. The van der Waals surface area contributed by atoms with Crippen LogP contribution >= 0.6 is 0 Å². The van der Waals surface area contributed by atoms with Crippen molar-refractivity contribution < 1.29 is 14.3 Å². The largest absolute Gasteiger partial charge is 0.461 e. The second-order valence-corrected chi connectivity index (χ2v) is 2.28. The molecule has 64 valence electrons. The van der Waals surface area contributed by atoms with Gasteiger partial charge in [-0.2, -0.15) is 0 Å². The van der Waals surface area contributed by atoms with Gasteiger partial charge in [-0.1, -0.05) is 12.7 Å². The molecule has 3 nitrogen and oxygen atoms in total. The van der Waals surface area contributed by atoms with Gasteiger partial charge >= 0.3 is 5.97 Å². The Hall–Kier alpha value is -0.830. The predicted octanol–water partition coefficient (Wildman–Crippen LogP) is 0.998. The van der Waals surface area contributed by atoms with Gasteiger partial charge in [-0.05, 0) is 6.92 Å². The molecule has 0 aromatic carbocycles. The van der Waals surface area contributed by atoms with Gasteiger partial charge < -0.3 is 9.47 Å². The zero-order valence-electron chi connectivity index (χ0n) is 7.00. The van der Waals surface area contributed by atoms with E-state index in [9.17, 15) is 4.79 Å². The van der Waals surface area contributed by atoms with Crippen LogP contribution in [0.15, 0.2) is 12.7 Å². The minimum absolute atomic E-state index is 0.194. The lowest BCUT2D eigenvalue weighted by molar-refractivity contribution is -0.148. The fourth-order valence-electron chi connectivity index (χ4n) is 0.601. The van der Waals surface area contributed by atoms with E-state index in [-0.39, 0.29) is 18.5 Å². The number of esters is 1. The van der Waals surface area contributed by atoms with Crippen molar-refractivity contribution in [2.75, 3.05) is 20.3 Å². The number of methoxy groups -OCH3 is 1. The summed E-state index contributed by atoms with van der Waals surface area (Å²) in [7, 11) is 1.55. The van der Waals surface area contributed by atoms with Crippen LogP contribution in [-0.2, 0) is 14.3 Å². The predicted molar refractivity (Wildman–Crippen MR) is 42.2 cm³/mol. The Morgan fingerprint density at radius 3 is 2.82 bits per heavy atom. The summed E-state index contributed by atoms with van der Waals surface area (Å²) in [5.41, 5.74) is 0. The molecule has 0 heterocycles. The number of hydrogen-bond acceptors (Lipinski definition) is 3. The van der Waals surface area contributed by atoms with Crippen LogP contribution in [0.2, 0.25) is 0 Å². The second-order valence-electron chi connectivity index (χ2n) is 2.28. The summed E-state index contributed by atoms with van der Waals surface area (Å²) in [6.45, 7) is 5.86. The maximum absolute atomic E-state index is 10.9. The van der Waals surface area contributed by atoms with Crippen LogP contribution < -0.4 is 0 Å². The molecular formula is C8H14O3. The monoisotopic (exact) mass is 158 g/mol. The first kappa shape index (κ1) is 10.2. The third-order valence-corrected chi connectivity index (χ3v) is 1.16. The van der Waals surface area contributed by atoms with E-state index in [2.05, 4.69) is 6.58 Å². The minimum atomic E-state index is -0.244. The summed E-state index contributed by atoms with van der Waals surface area (Å²) in [6.07, 6.45) is 1.54. The zero-order chi connectivity index (χ0) is 8.69. The summed E-state index contributed by atoms with van der Waals surface area (Å²) < 4.78 is 9.55. The standard InChI is InChI=1S/C8H14O3/c1-4-5-11-8(9)7(2)6-10-3/h4,7H,1,5-6H2,2-3H3. The van der Waals surface area contributed by atoms with Gasteiger partial charge in [0.25, 0.3) is 0 Å². The highest BCUT2D eigenvalue weighted by Gasteiger charge is 2.12. The van der Waals surface area contributed by atoms with Gasteiger partial charge in [0.1, 0.15) is 6.61 Å². The van der Waals surface area contributed by atoms with E-state index in [0.29, 0.717) is 6.61 Å². The molecule has 3 heteroatoms. The number of carbonyl (C=O) groups excluding carboxylic acids is 1. The molecule has 1 atom stereocenters. The van der Waals surface area contributed by atoms with Crippen molar-refractivity contribution in [2.45, 2.75) is 6.92 Å². The van der Waals surface area contributed by atoms with Gasteiger partial charge in [-0.25, -0.2) is 0 Å².